The van der Waals surface area contributed by atoms with Crippen molar-refractivity contribution in [2.75, 3.05) is 0 Å². The highest BCUT2D eigenvalue weighted by atomic mass is 19.4. The van der Waals surface area contributed by atoms with E-state index in [1.54, 1.807) is 0 Å². The highest BCUT2D eigenvalue weighted by Gasteiger charge is 2.41. The number of benzene rings is 1. The molecular weight excluding hydrogens is 293 g/mol. The Balaban J connectivity index is 2.38. The van der Waals surface area contributed by atoms with Crippen LogP contribution in [0.4, 0.5) is 13.2 Å². The summed E-state index contributed by atoms with van der Waals surface area (Å²) in [7, 11) is 0. The van der Waals surface area contributed by atoms with Gasteiger partial charge in [0.05, 0.1) is 0 Å². The molecule has 0 saturated carbocycles. The standard InChI is InChI=1S/C12H11F3N2O4/c13-12(14,15)21-9-4-2-1-3-7(9)11-8(17(19)20)5-6-10(18)16-11/h1-4,8,11H,5-6H2,(H,16,18). The summed E-state index contributed by atoms with van der Waals surface area (Å²) in [6.45, 7) is 0. The third-order valence-corrected chi connectivity index (χ3v) is 3.12. The van der Waals surface area contributed by atoms with Gasteiger partial charge in [0.2, 0.25) is 11.9 Å². The Kier molecular flexibility index (Phi) is 4.01. The number of para-hydroxylation sites is 1. The lowest BCUT2D eigenvalue weighted by Crippen LogP contribution is -2.45. The third-order valence-electron chi connectivity index (χ3n) is 3.12. The fourth-order valence-electron chi connectivity index (χ4n) is 2.25. The van der Waals surface area contributed by atoms with Crippen molar-refractivity contribution >= 4 is 5.91 Å². The molecule has 2 rings (SSSR count). The number of alkyl halides is 3. The SMILES string of the molecule is O=C1CCC([N+](=O)[O-])C(c2ccccc2OC(F)(F)F)N1. The van der Waals surface area contributed by atoms with E-state index in [0.29, 0.717) is 0 Å². The Labute approximate surface area is 117 Å². The highest BCUT2D eigenvalue weighted by Crippen LogP contribution is 2.34. The van der Waals surface area contributed by atoms with Crippen LogP contribution < -0.4 is 10.1 Å². The van der Waals surface area contributed by atoms with Crippen molar-refractivity contribution in [2.45, 2.75) is 31.3 Å². The van der Waals surface area contributed by atoms with E-state index >= 15 is 0 Å². The number of amides is 1. The van der Waals surface area contributed by atoms with E-state index < -0.39 is 35.0 Å². The molecule has 0 radical (unpaired) electrons. The first-order valence-corrected chi connectivity index (χ1v) is 6.05. The van der Waals surface area contributed by atoms with Crippen LogP contribution in [0.1, 0.15) is 24.4 Å². The van der Waals surface area contributed by atoms with Gasteiger partial charge in [0.1, 0.15) is 11.8 Å². The number of nitrogens with one attached hydrogen (secondary N) is 1. The van der Waals surface area contributed by atoms with Crippen molar-refractivity contribution in [3.8, 4) is 5.75 Å². The Hall–Kier alpha value is -2.32. The quantitative estimate of drug-likeness (QED) is 0.685. The van der Waals surface area contributed by atoms with Crippen LogP contribution in [0.2, 0.25) is 0 Å². The first kappa shape index (κ1) is 15.1. The molecule has 1 heterocycles. The van der Waals surface area contributed by atoms with Crippen LogP contribution in [0.15, 0.2) is 24.3 Å². The maximum Gasteiger partial charge on any atom is 0.573 e. The summed E-state index contributed by atoms with van der Waals surface area (Å²) in [5.74, 6) is -0.996. The number of rotatable bonds is 3. The molecule has 1 fully saturated rings. The molecule has 21 heavy (non-hydrogen) atoms. The van der Waals surface area contributed by atoms with Crippen LogP contribution in [-0.2, 0) is 4.79 Å². The first-order valence-electron chi connectivity index (χ1n) is 6.05. The van der Waals surface area contributed by atoms with Crippen molar-refractivity contribution in [3.63, 3.8) is 0 Å². The molecule has 9 heteroatoms. The number of hydrogen-bond donors (Lipinski definition) is 1. The summed E-state index contributed by atoms with van der Waals surface area (Å²) in [5.41, 5.74) is -0.0652. The van der Waals surface area contributed by atoms with Crippen LogP contribution in [0, 0.1) is 10.1 Å². The molecule has 0 aromatic heterocycles. The van der Waals surface area contributed by atoms with E-state index in [4.69, 9.17) is 0 Å². The summed E-state index contributed by atoms with van der Waals surface area (Å²) >= 11 is 0. The average Bonchev–Trinajstić information content (AvgIpc) is 2.37. The molecule has 1 N–H and O–H groups in total. The zero-order chi connectivity index (χ0) is 15.6. The van der Waals surface area contributed by atoms with Gasteiger partial charge in [0.25, 0.3) is 0 Å². The van der Waals surface area contributed by atoms with Gasteiger partial charge in [-0.15, -0.1) is 13.2 Å². The minimum atomic E-state index is -4.92. The van der Waals surface area contributed by atoms with Gasteiger partial charge in [-0.05, 0) is 6.07 Å². The predicted molar refractivity (Wildman–Crippen MR) is 64.0 cm³/mol. The lowest BCUT2D eigenvalue weighted by atomic mass is 9.92. The van der Waals surface area contributed by atoms with Crippen molar-refractivity contribution < 1.29 is 27.6 Å². The normalized spacial score (nSPS) is 22.5. The molecule has 1 saturated heterocycles. The molecule has 1 aliphatic heterocycles. The van der Waals surface area contributed by atoms with Gasteiger partial charge in [-0.1, -0.05) is 18.2 Å². The monoisotopic (exact) mass is 304 g/mol. The Morgan fingerprint density at radius 3 is 2.62 bits per heavy atom. The van der Waals surface area contributed by atoms with Gasteiger partial charge in [0.15, 0.2) is 0 Å². The third kappa shape index (κ3) is 3.61. The molecular formula is C12H11F3N2O4. The summed E-state index contributed by atoms with van der Waals surface area (Å²) in [6.07, 6.45) is -4.99. The van der Waals surface area contributed by atoms with Gasteiger partial charge in [0, 0.05) is 23.3 Å². The van der Waals surface area contributed by atoms with Crippen molar-refractivity contribution in [3.05, 3.63) is 39.9 Å². The second-order valence-electron chi connectivity index (χ2n) is 4.52. The molecule has 2 atom stereocenters. The number of ether oxygens (including phenoxy) is 1. The number of hydrogen-bond acceptors (Lipinski definition) is 4. The predicted octanol–water partition coefficient (Wildman–Crippen LogP) is 2.18. The zero-order valence-electron chi connectivity index (χ0n) is 10.6. The Bertz CT molecular complexity index is 562. The number of carbonyl (C=O) groups is 1. The van der Waals surface area contributed by atoms with E-state index in [-0.39, 0.29) is 18.4 Å². The van der Waals surface area contributed by atoms with E-state index in [1.807, 2.05) is 0 Å². The van der Waals surface area contributed by atoms with Crippen LogP contribution >= 0.6 is 0 Å². The van der Waals surface area contributed by atoms with Crippen LogP contribution in [0.5, 0.6) is 5.75 Å². The van der Waals surface area contributed by atoms with Crippen LogP contribution in [-0.4, -0.2) is 23.2 Å². The molecule has 0 bridgehead atoms. The largest absolute Gasteiger partial charge is 0.573 e. The first-order chi connectivity index (χ1) is 9.78. The number of halogens is 3. The molecule has 114 valence electrons. The number of nitro groups is 1. The van der Waals surface area contributed by atoms with Crippen LogP contribution in [0.25, 0.3) is 0 Å². The molecule has 2 unspecified atom stereocenters. The highest BCUT2D eigenvalue weighted by molar-refractivity contribution is 5.77. The smallest absolute Gasteiger partial charge is 0.405 e. The molecule has 0 spiro atoms. The second-order valence-corrected chi connectivity index (χ2v) is 4.52. The van der Waals surface area contributed by atoms with Gasteiger partial charge in [-0.3, -0.25) is 14.9 Å². The second kappa shape index (κ2) is 5.58. The van der Waals surface area contributed by atoms with Gasteiger partial charge in [-0.25, -0.2) is 0 Å². The maximum atomic E-state index is 12.4. The van der Waals surface area contributed by atoms with E-state index in [1.165, 1.54) is 18.2 Å². The Morgan fingerprint density at radius 1 is 1.33 bits per heavy atom. The summed E-state index contributed by atoms with van der Waals surface area (Å²) in [4.78, 5) is 21.8. The molecule has 1 aromatic carbocycles. The lowest BCUT2D eigenvalue weighted by molar-refractivity contribution is -0.529. The van der Waals surface area contributed by atoms with E-state index in [9.17, 15) is 28.1 Å². The van der Waals surface area contributed by atoms with Crippen molar-refractivity contribution in [1.82, 2.24) is 5.32 Å². The van der Waals surface area contributed by atoms with Gasteiger partial charge >= 0.3 is 6.36 Å². The van der Waals surface area contributed by atoms with E-state index in [0.717, 1.165) is 6.07 Å². The Morgan fingerprint density at radius 2 is 2.00 bits per heavy atom. The fourth-order valence-corrected chi connectivity index (χ4v) is 2.25. The summed E-state index contributed by atoms with van der Waals surface area (Å²) in [5, 5.41) is 13.4. The molecule has 0 aliphatic carbocycles. The average molecular weight is 304 g/mol. The molecule has 1 aromatic rings. The molecule has 1 amide bonds. The number of nitrogens with zero attached hydrogens (tertiary/aromatic N) is 1. The number of piperidine rings is 1. The van der Waals surface area contributed by atoms with Crippen molar-refractivity contribution in [1.29, 1.82) is 0 Å². The van der Waals surface area contributed by atoms with Crippen LogP contribution in [0.3, 0.4) is 0 Å². The zero-order valence-corrected chi connectivity index (χ0v) is 10.6. The van der Waals surface area contributed by atoms with E-state index in [2.05, 4.69) is 10.1 Å². The fraction of sp³-hybridized carbons (Fsp3) is 0.417. The lowest BCUT2D eigenvalue weighted by Gasteiger charge is -2.28. The maximum absolute atomic E-state index is 12.4. The minimum absolute atomic E-state index is 0.0373. The number of carbonyl (C=O) groups excluding carboxylic acids is 1. The summed E-state index contributed by atoms with van der Waals surface area (Å²) in [6, 6.07) is 2.72. The minimum Gasteiger partial charge on any atom is -0.405 e. The van der Waals surface area contributed by atoms with Crippen molar-refractivity contribution in [2.24, 2.45) is 0 Å². The molecule has 1 aliphatic rings. The topological polar surface area (TPSA) is 81.5 Å². The molecule has 6 nitrogen and oxygen atoms in total. The van der Waals surface area contributed by atoms with Gasteiger partial charge < -0.3 is 10.1 Å². The summed E-state index contributed by atoms with van der Waals surface area (Å²) < 4.78 is 41.0. The van der Waals surface area contributed by atoms with Gasteiger partial charge in [-0.2, -0.15) is 0 Å².